The molecule has 0 atom stereocenters. The van der Waals surface area contributed by atoms with E-state index in [9.17, 15) is 20.1 Å². The zero-order valence-electron chi connectivity index (χ0n) is 10.4. The van der Waals surface area contributed by atoms with Gasteiger partial charge in [-0.3, -0.25) is 10.1 Å². The van der Waals surface area contributed by atoms with E-state index >= 15 is 0 Å². The smallest absolute Gasteiger partial charge is 0.338 e. The first kappa shape index (κ1) is 15.1. The Morgan fingerprint density at radius 2 is 1.90 bits per heavy atom. The van der Waals surface area contributed by atoms with Crippen LogP contribution < -0.4 is 0 Å². The van der Waals surface area contributed by atoms with E-state index in [0.717, 1.165) is 0 Å². The Labute approximate surface area is 112 Å². The van der Waals surface area contributed by atoms with Gasteiger partial charge in [-0.2, -0.15) is 0 Å². The van der Waals surface area contributed by atoms with Gasteiger partial charge in [-0.1, -0.05) is 0 Å². The number of carbonyl (C=O) groups excluding carboxylic acids is 1. The average molecular weight is 285 g/mol. The van der Waals surface area contributed by atoms with Crippen LogP contribution in [0.1, 0.15) is 10.4 Å². The summed E-state index contributed by atoms with van der Waals surface area (Å²) in [6.07, 6.45) is 0. The molecule has 0 spiro atoms. The van der Waals surface area contributed by atoms with Gasteiger partial charge in [-0.25, -0.2) is 10.0 Å². The predicted molar refractivity (Wildman–Crippen MR) is 62.4 cm³/mol. The van der Waals surface area contributed by atoms with E-state index in [0.29, 0.717) is 0 Å². The minimum absolute atomic E-state index is 0.131. The number of nitrogens with zero attached hydrogens (tertiary/aromatic N) is 3. The van der Waals surface area contributed by atoms with Crippen molar-refractivity contribution in [3.05, 3.63) is 45.2 Å². The van der Waals surface area contributed by atoms with E-state index in [-0.39, 0.29) is 29.5 Å². The Morgan fingerprint density at radius 3 is 2.45 bits per heavy atom. The van der Waals surface area contributed by atoms with E-state index in [2.05, 4.69) is 15.0 Å². The summed E-state index contributed by atoms with van der Waals surface area (Å²) in [6.45, 7) is -0.400. The summed E-state index contributed by atoms with van der Waals surface area (Å²) < 4.78 is 4.78. The van der Waals surface area contributed by atoms with E-state index in [1.54, 1.807) is 0 Å². The zero-order valence-corrected chi connectivity index (χ0v) is 10.4. The summed E-state index contributed by atoms with van der Waals surface area (Å²) in [5.41, 5.74) is 0.0178. The van der Waals surface area contributed by atoms with Crippen LogP contribution in [0.5, 0.6) is 0 Å². The van der Waals surface area contributed by atoms with Crippen molar-refractivity contribution < 1.29 is 29.2 Å². The summed E-state index contributed by atoms with van der Waals surface area (Å²) in [6, 6.07) is 4.90. The molecule has 0 unspecified atom stereocenters. The summed E-state index contributed by atoms with van der Waals surface area (Å²) in [5, 5.41) is 23.8. The normalized spacial score (nSPS) is 10.8. The van der Waals surface area contributed by atoms with Crippen molar-refractivity contribution >= 4 is 11.7 Å². The fourth-order valence-corrected chi connectivity index (χ4v) is 1.14. The number of non-ortho nitro benzene ring substituents is 1. The van der Waals surface area contributed by atoms with Crippen LogP contribution in [0.3, 0.4) is 0 Å². The first-order chi connectivity index (χ1) is 9.54. The molecule has 0 radical (unpaired) electrons. The maximum Gasteiger partial charge on any atom is 0.338 e. The number of carbonyl (C=O) groups is 1. The minimum atomic E-state index is -0.690. The second kappa shape index (κ2) is 7.51. The van der Waals surface area contributed by atoms with E-state index < -0.39 is 10.9 Å². The summed E-state index contributed by atoms with van der Waals surface area (Å²) in [5.74, 6) is -0.690. The maximum absolute atomic E-state index is 11.5. The molecule has 10 nitrogen and oxygen atoms in total. The van der Waals surface area contributed by atoms with Gasteiger partial charge < -0.3 is 14.4 Å². The second-order valence-corrected chi connectivity index (χ2v) is 3.28. The average Bonchev–Trinajstić information content (AvgIpc) is 2.43. The third-order valence-corrected chi connectivity index (χ3v) is 1.98. The molecule has 108 valence electrons. The van der Waals surface area contributed by atoms with Crippen molar-refractivity contribution in [1.29, 1.82) is 0 Å². The SMILES string of the molecule is CON=[N+]([O-])OCCOC(=O)c1ccc([N+](=O)[O-])cc1. The highest BCUT2D eigenvalue weighted by molar-refractivity contribution is 5.89. The molecule has 1 aromatic carbocycles. The monoisotopic (exact) mass is 285 g/mol. The van der Waals surface area contributed by atoms with Gasteiger partial charge in [0.05, 0.1) is 17.1 Å². The molecule has 0 aromatic heterocycles. The third-order valence-electron chi connectivity index (χ3n) is 1.98. The molecule has 10 heteroatoms. The van der Waals surface area contributed by atoms with Crippen LogP contribution in [0.4, 0.5) is 5.69 Å². The molecule has 0 saturated heterocycles. The Hall–Kier alpha value is -2.91. The number of benzene rings is 1. The molecule has 0 aliphatic rings. The van der Waals surface area contributed by atoms with Gasteiger partial charge in [0.15, 0.2) is 0 Å². The fraction of sp³-hybridized carbons (Fsp3) is 0.300. The van der Waals surface area contributed by atoms with Gasteiger partial charge in [0.1, 0.15) is 13.7 Å². The Bertz CT molecular complexity index is 500. The van der Waals surface area contributed by atoms with Crippen LogP contribution in [0, 0.1) is 15.3 Å². The van der Waals surface area contributed by atoms with Gasteiger partial charge in [0.2, 0.25) is 5.02 Å². The number of nitro benzene ring substituents is 1. The molecule has 20 heavy (non-hydrogen) atoms. The first-order valence-electron chi connectivity index (χ1n) is 5.30. The van der Waals surface area contributed by atoms with Gasteiger partial charge >= 0.3 is 5.97 Å². The molecule has 0 heterocycles. The predicted octanol–water partition coefficient (Wildman–Crippen LogP) is 1.21. The van der Waals surface area contributed by atoms with Gasteiger partial charge in [-0.05, 0) is 12.1 Å². The number of hydrogen-bond donors (Lipinski definition) is 0. The van der Waals surface area contributed by atoms with Gasteiger partial charge in [0, 0.05) is 12.1 Å². The lowest BCUT2D eigenvalue weighted by Crippen LogP contribution is -2.13. The van der Waals surface area contributed by atoms with Crippen LogP contribution in [-0.4, -0.2) is 36.2 Å². The maximum atomic E-state index is 11.5. The lowest BCUT2D eigenvalue weighted by atomic mass is 10.2. The number of ether oxygens (including phenoxy) is 1. The topological polar surface area (TPSA) is 126 Å². The van der Waals surface area contributed by atoms with Crippen LogP contribution in [-0.2, 0) is 14.4 Å². The Morgan fingerprint density at radius 1 is 1.25 bits per heavy atom. The summed E-state index contributed by atoms with van der Waals surface area (Å²) in [4.78, 5) is 29.9. The number of hydrogen-bond acceptors (Lipinski definition) is 8. The number of rotatable bonds is 7. The van der Waals surface area contributed by atoms with Crippen LogP contribution in [0.25, 0.3) is 0 Å². The van der Waals surface area contributed by atoms with E-state index in [4.69, 9.17) is 4.74 Å². The van der Waals surface area contributed by atoms with Gasteiger partial charge in [0.25, 0.3) is 11.0 Å². The van der Waals surface area contributed by atoms with Crippen LogP contribution in [0.15, 0.2) is 29.5 Å². The van der Waals surface area contributed by atoms with Crippen molar-refractivity contribution in [3.63, 3.8) is 0 Å². The standard InChI is InChI=1S/C10H11N3O7/c1-18-11-13(17)20-7-6-19-10(14)8-2-4-9(5-3-8)12(15)16/h2-5H,6-7H2,1H3. The fourth-order valence-electron chi connectivity index (χ4n) is 1.14. The van der Waals surface area contributed by atoms with E-state index in [1.807, 2.05) is 0 Å². The molecule has 0 aliphatic heterocycles. The molecule has 1 rings (SSSR count). The van der Waals surface area contributed by atoms with E-state index in [1.165, 1.54) is 31.4 Å². The lowest BCUT2D eigenvalue weighted by Gasteiger charge is -2.05. The quantitative estimate of drug-likeness (QED) is 0.242. The minimum Gasteiger partial charge on any atom is -0.461 e. The highest BCUT2D eigenvalue weighted by Crippen LogP contribution is 2.12. The van der Waals surface area contributed by atoms with Crippen molar-refractivity contribution in [3.8, 4) is 0 Å². The Kier molecular flexibility index (Phi) is 5.69. The highest BCUT2D eigenvalue weighted by Gasteiger charge is 2.10. The highest BCUT2D eigenvalue weighted by atomic mass is 16.9. The third kappa shape index (κ3) is 4.76. The zero-order chi connectivity index (χ0) is 15.0. The molecular formula is C10H11N3O7. The number of nitro groups is 1. The van der Waals surface area contributed by atoms with Crippen molar-refractivity contribution in [2.24, 2.45) is 5.28 Å². The van der Waals surface area contributed by atoms with Crippen LogP contribution in [0.2, 0.25) is 0 Å². The summed E-state index contributed by atoms with van der Waals surface area (Å²) in [7, 11) is 1.17. The molecule has 1 aromatic rings. The molecule has 0 aliphatic carbocycles. The molecule has 0 bridgehead atoms. The Balaban J connectivity index is 2.39. The lowest BCUT2D eigenvalue weighted by molar-refractivity contribution is -0.804. The van der Waals surface area contributed by atoms with Gasteiger partial charge in [-0.15, -0.1) is 0 Å². The molecule has 0 N–H and O–H groups in total. The van der Waals surface area contributed by atoms with Crippen molar-refractivity contribution in [2.45, 2.75) is 0 Å². The summed E-state index contributed by atoms with van der Waals surface area (Å²) >= 11 is 0. The number of esters is 1. The molecule has 0 amide bonds. The van der Waals surface area contributed by atoms with Crippen LogP contribution >= 0.6 is 0 Å². The van der Waals surface area contributed by atoms with Crippen molar-refractivity contribution in [2.75, 3.05) is 20.3 Å². The van der Waals surface area contributed by atoms with Crippen molar-refractivity contribution in [1.82, 2.24) is 0 Å². The molecule has 0 fully saturated rings. The first-order valence-corrected chi connectivity index (χ1v) is 5.30. The largest absolute Gasteiger partial charge is 0.461 e. The molecular weight excluding hydrogens is 274 g/mol. The molecule has 0 saturated carbocycles. The second-order valence-electron chi connectivity index (χ2n) is 3.28.